The third kappa shape index (κ3) is 1.54. The van der Waals surface area contributed by atoms with E-state index in [9.17, 15) is 9.59 Å². The molecule has 2 amide bonds. The van der Waals surface area contributed by atoms with E-state index >= 15 is 0 Å². The topological polar surface area (TPSA) is 57.6 Å². The first kappa shape index (κ1) is 11.2. The lowest BCUT2D eigenvalue weighted by atomic mass is 9.91. The van der Waals surface area contributed by atoms with Crippen LogP contribution in [0.4, 0.5) is 0 Å². The Hall–Kier alpha value is -0.900. The molecule has 1 N–H and O–H groups in total. The van der Waals surface area contributed by atoms with Crippen LogP contribution in [-0.2, 0) is 9.59 Å². The second-order valence-electron chi connectivity index (χ2n) is 5.07. The van der Waals surface area contributed by atoms with Gasteiger partial charge in [0.2, 0.25) is 11.8 Å². The molecule has 80 valence electrons. The van der Waals surface area contributed by atoms with Crippen LogP contribution in [0.1, 0.15) is 34.1 Å². The number of carbonyl (C=O) groups excluding carboxylic acids is 2. The van der Waals surface area contributed by atoms with Crippen molar-refractivity contribution in [2.45, 2.75) is 39.7 Å². The van der Waals surface area contributed by atoms with Crippen molar-refractivity contribution >= 4 is 11.8 Å². The van der Waals surface area contributed by atoms with Gasteiger partial charge >= 0.3 is 0 Å². The van der Waals surface area contributed by atoms with Crippen LogP contribution >= 0.6 is 0 Å². The lowest BCUT2D eigenvalue weighted by Gasteiger charge is -2.32. The molecular weight excluding hydrogens is 182 g/mol. The summed E-state index contributed by atoms with van der Waals surface area (Å²) in [6.07, 6.45) is 0.231. The number of nitrogens with zero attached hydrogens (tertiary/aromatic N) is 1. The average Bonchev–Trinajstić information content (AvgIpc) is 2.22. The van der Waals surface area contributed by atoms with Crippen LogP contribution in [-0.4, -0.2) is 34.0 Å². The zero-order valence-corrected chi connectivity index (χ0v) is 9.13. The number of rotatable bonds is 2. The van der Waals surface area contributed by atoms with E-state index < -0.39 is 11.0 Å². The maximum absolute atomic E-state index is 11.8. The molecule has 0 unspecified atom stereocenters. The van der Waals surface area contributed by atoms with Crippen molar-refractivity contribution in [1.82, 2.24) is 4.90 Å². The molecule has 4 nitrogen and oxygen atoms in total. The van der Waals surface area contributed by atoms with E-state index in [2.05, 4.69) is 0 Å². The third-order valence-electron chi connectivity index (χ3n) is 2.62. The Morgan fingerprint density at radius 1 is 1.43 bits per heavy atom. The summed E-state index contributed by atoms with van der Waals surface area (Å²) in [4.78, 5) is 24.6. The van der Waals surface area contributed by atoms with Crippen molar-refractivity contribution < 1.29 is 14.7 Å². The summed E-state index contributed by atoms with van der Waals surface area (Å²) in [5.74, 6) is -0.388. The molecule has 0 aromatic rings. The van der Waals surface area contributed by atoms with Crippen molar-refractivity contribution in [3.8, 4) is 0 Å². The molecule has 0 aromatic carbocycles. The summed E-state index contributed by atoms with van der Waals surface area (Å²) in [5, 5.41) is 9.11. The Kier molecular flexibility index (Phi) is 2.44. The predicted octanol–water partition coefficient (Wildman–Crippen LogP) is 0.542. The lowest BCUT2D eigenvalue weighted by molar-refractivity contribution is -0.148. The number of amides is 2. The van der Waals surface area contributed by atoms with Gasteiger partial charge in [-0.1, -0.05) is 13.8 Å². The second-order valence-corrected chi connectivity index (χ2v) is 5.07. The molecule has 4 heteroatoms. The largest absolute Gasteiger partial charge is 0.394 e. The highest BCUT2D eigenvalue weighted by Crippen LogP contribution is 2.35. The van der Waals surface area contributed by atoms with Gasteiger partial charge < -0.3 is 5.11 Å². The summed E-state index contributed by atoms with van der Waals surface area (Å²) in [6.45, 7) is 6.66. The highest BCUT2D eigenvalue weighted by Gasteiger charge is 2.50. The van der Waals surface area contributed by atoms with Gasteiger partial charge in [0.1, 0.15) is 0 Å². The van der Waals surface area contributed by atoms with Crippen molar-refractivity contribution in [3.05, 3.63) is 0 Å². The molecule has 1 fully saturated rings. The van der Waals surface area contributed by atoms with E-state index in [1.54, 1.807) is 27.7 Å². The van der Waals surface area contributed by atoms with Gasteiger partial charge in [0.15, 0.2) is 0 Å². The fraction of sp³-hybridized carbons (Fsp3) is 0.800. The highest BCUT2D eigenvalue weighted by molar-refractivity contribution is 6.06. The number of aliphatic hydroxyl groups excluding tert-OH is 1. The molecule has 0 saturated carbocycles. The quantitative estimate of drug-likeness (QED) is 0.660. The average molecular weight is 199 g/mol. The van der Waals surface area contributed by atoms with E-state index in [0.29, 0.717) is 0 Å². The summed E-state index contributed by atoms with van der Waals surface area (Å²) < 4.78 is 0. The van der Waals surface area contributed by atoms with Crippen LogP contribution in [0.25, 0.3) is 0 Å². The lowest BCUT2D eigenvalue weighted by Crippen LogP contribution is -2.51. The van der Waals surface area contributed by atoms with E-state index in [-0.39, 0.29) is 24.8 Å². The maximum atomic E-state index is 11.8. The van der Waals surface area contributed by atoms with Gasteiger partial charge in [-0.3, -0.25) is 14.5 Å². The first-order chi connectivity index (χ1) is 6.22. The van der Waals surface area contributed by atoms with Gasteiger partial charge in [-0.25, -0.2) is 0 Å². The highest BCUT2D eigenvalue weighted by atomic mass is 16.3. The number of likely N-dealkylation sites (tertiary alicyclic amines) is 1. The molecule has 1 aliphatic rings. The first-order valence-electron chi connectivity index (χ1n) is 4.71. The van der Waals surface area contributed by atoms with E-state index in [0.717, 1.165) is 0 Å². The number of carbonyl (C=O) groups is 2. The Morgan fingerprint density at radius 2 is 1.93 bits per heavy atom. The summed E-state index contributed by atoms with van der Waals surface area (Å²) >= 11 is 0. The number of aliphatic hydroxyl groups is 1. The molecule has 1 rings (SSSR count). The summed E-state index contributed by atoms with van der Waals surface area (Å²) in [7, 11) is 0. The molecule has 0 radical (unpaired) electrons. The smallest absolute Gasteiger partial charge is 0.235 e. The van der Waals surface area contributed by atoms with Crippen LogP contribution in [0.2, 0.25) is 0 Å². The zero-order chi connectivity index (χ0) is 11.1. The number of hydrogen-bond donors (Lipinski definition) is 1. The number of hydrogen-bond acceptors (Lipinski definition) is 3. The molecule has 1 heterocycles. The Morgan fingerprint density at radius 3 is 2.21 bits per heavy atom. The Labute approximate surface area is 83.9 Å². The SMILES string of the molecule is CC1(C)CC(=O)N(C(C)(C)CO)C1=O. The number of imide groups is 1. The van der Waals surface area contributed by atoms with Crippen molar-refractivity contribution in [2.24, 2.45) is 5.41 Å². The van der Waals surface area contributed by atoms with Crippen molar-refractivity contribution in [3.63, 3.8) is 0 Å². The Bertz CT molecular complexity index is 281. The van der Waals surface area contributed by atoms with Crippen LogP contribution in [0.5, 0.6) is 0 Å². The van der Waals surface area contributed by atoms with Gasteiger partial charge in [0.05, 0.1) is 17.6 Å². The third-order valence-corrected chi connectivity index (χ3v) is 2.62. The van der Waals surface area contributed by atoms with E-state index in [1.165, 1.54) is 4.90 Å². The van der Waals surface area contributed by atoms with Crippen LogP contribution in [0.15, 0.2) is 0 Å². The molecule has 0 atom stereocenters. The van der Waals surface area contributed by atoms with E-state index in [1.807, 2.05) is 0 Å². The molecule has 1 saturated heterocycles. The minimum absolute atomic E-state index is 0.193. The van der Waals surface area contributed by atoms with Crippen molar-refractivity contribution in [2.75, 3.05) is 6.61 Å². The zero-order valence-electron chi connectivity index (χ0n) is 9.13. The van der Waals surface area contributed by atoms with Gasteiger partial charge in [0.25, 0.3) is 0 Å². The first-order valence-corrected chi connectivity index (χ1v) is 4.71. The maximum Gasteiger partial charge on any atom is 0.235 e. The molecule has 0 bridgehead atoms. The van der Waals surface area contributed by atoms with Gasteiger partial charge in [-0.2, -0.15) is 0 Å². The molecule has 0 aromatic heterocycles. The fourth-order valence-electron chi connectivity index (χ4n) is 1.63. The second kappa shape index (κ2) is 3.05. The molecule has 14 heavy (non-hydrogen) atoms. The standard InChI is InChI=1S/C10H17NO3/c1-9(2)5-7(13)11(8(9)14)10(3,4)6-12/h12H,5-6H2,1-4H3. The monoisotopic (exact) mass is 199 g/mol. The van der Waals surface area contributed by atoms with Gasteiger partial charge in [-0.15, -0.1) is 0 Å². The summed E-state index contributed by atoms with van der Waals surface area (Å²) in [5.41, 5.74) is -1.41. The van der Waals surface area contributed by atoms with Gasteiger partial charge in [0, 0.05) is 6.42 Å². The van der Waals surface area contributed by atoms with Crippen molar-refractivity contribution in [1.29, 1.82) is 0 Å². The van der Waals surface area contributed by atoms with Crippen LogP contribution < -0.4 is 0 Å². The fourth-order valence-corrected chi connectivity index (χ4v) is 1.63. The molecule has 1 aliphatic heterocycles. The van der Waals surface area contributed by atoms with Crippen LogP contribution in [0, 0.1) is 5.41 Å². The predicted molar refractivity (Wildman–Crippen MR) is 51.4 cm³/mol. The summed E-state index contributed by atoms with van der Waals surface area (Å²) in [6, 6.07) is 0. The minimum Gasteiger partial charge on any atom is -0.394 e. The molecule has 0 spiro atoms. The Balaban J connectivity index is 3.03. The van der Waals surface area contributed by atoms with E-state index in [4.69, 9.17) is 5.11 Å². The van der Waals surface area contributed by atoms with Gasteiger partial charge in [-0.05, 0) is 13.8 Å². The van der Waals surface area contributed by atoms with Crippen LogP contribution in [0.3, 0.4) is 0 Å². The normalized spacial score (nSPS) is 21.9. The molecule has 0 aliphatic carbocycles. The molecular formula is C10H17NO3. The minimum atomic E-state index is -0.790.